The quantitative estimate of drug-likeness (QED) is 0.693. The Labute approximate surface area is 89.0 Å². The van der Waals surface area contributed by atoms with Crippen LogP contribution in [-0.4, -0.2) is 16.4 Å². The van der Waals surface area contributed by atoms with Gasteiger partial charge in [-0.15, -0.1) is 0 Å². The molecular weight excluding hydrogens is 198 g/mol. The number of hydrogen-bond donors (Lipinski definition) is 1. The number of amides is 2. The lowest BCUT2D eigenvalue weighted by Crippen LogP contribution is -2.23. The summed E-state index contributed by atoms with van der Waals surface area (Å²) in [6.07, 6.45) is 6.81. The van der Waals surface area contributed by atoms with Gasteiger partial charge in [-0.05, 0) is 6.42 Å². The monoisotopic (exact) mass is 215 g/mol. The van der Waals surface area contributed by atoms with Gasteiger partial charge in [0.25, 0.3) is 5.24 Å². The van der Waals surface area contributed by atoms with Gasteiger partial charge in [0.1, 0.15) is 0 Å². The second-order valence-electron chi connectivity index (χ2n) is 3.59. The molecule has 14 heavy (non-hydrogen) atoms. The summed E-state index contributed by atoms with van der Waals surface area (Å²) in [6.45, 7) is 2.18. The Balaban J connectivity index is 2.07. The van der Waals surface area contributed by atoms with Gasteiger partial charge in [-0.1, -0.05) is 50.8 Å². The molecule has 1 fully saturated rings. The largest absolute Gasteiger partial charge is 0.286 e. The lowest BCUT2D eigenvalue weighted by atomic mass is 10.1. The van der Waals surface area contributed by atoms with Crippen molar-refractivity contribution in [3.63, 3.8) is 0 Å². The van der Waals surface area contributed by atoms with E-state index in [2.05, 4.69) is 12.2 Å². The zero-order chi connectivity index (χ0) is 10.4. The van der Waals surface area contributed by atoms with E-state index in [0.29, 0.717) is 0 Å². The first-order chi connectivity index (χ1) is 6.74. The van der Waals surface area contributed by atoms with E-state index in [4.69, 9.17) is 0 Å². The van der Waals surface area contributed by atoms with E-state index in [1.165, 1.54) is 25.7 Å². The lowest BCUT2D eigenvalue weighted by molar-refractivity contribution is -0.119. The van der Waals surface area contributed by atoms with Crippen LogP contribution in [0.25, 0.3) is 0 Å². The van der Waals surface area contributed by atoms with E-state index < -0.39 is 0 Å². The molecule has 0 aromatic rings. The molecule has 1 N–H and O–H groups in total. The van der Waals surface area contributed by atoms with E-state index in [1.54, 1.807) is 0 Å². The molecule has 1 unspecified atom stereocenters. The fourth-order valence-electron chi connectivity index (χ4n) is 1.52. The molecule has 0 spiro atoms. The molecule has 1 saturated heterocycles. The average Bonchev–Trinajstić information content (AvgIpc) is 2.45. The highest BCUT2D eigenvalue weighted by molar-refractivity contribution is 8.15. The van der Waals surface area contributed by atoms with Crippen LogP contribution in [0.4, 0.5) is 4.79 Å². The Hall–Kier alpha value is -0.510. The van der Waals surface area contributed by atoms with Gasteiger partial charge in [-0.3, -0.25) is 14.9 Å². The van der Waals surface area contributed by atoms with E-state index >= 15 is 0 Å². The third kappa shape index (κ3) is 3.70. The molecule has 1 aliphatic rings. The van der Waals surface area contributed by atoms with Gasteiger partial charge >= 0.3 is 0 Å². The second-order valence-corrected chi connectivity index (χ2v) is 4.76. The topological polar surface area (TPSA) is 46.2 Å². The SMILES string of the molecule is CCCCCCCC1SC(=O)NC1=O. The van der Waals surface area contributed by atoms with Gasteiger partial charge in [0.2, 0.25) is 5.91 Å². The molecule has 1 heterocycles. The molecule has 1 atom stereocenters. The molecule has 80 valence electrons. The van der Waals surface area contributed by atoms with Crippen molar-refractivity contribution in [2.75, 3.05) is 0 Å². The van der Waals surface area contributed by atoms with Crippen molar-refractivity contribution < 1.29 is 9.59 Å². The number of unbranched alkanes of at least 4 members (excludes halogenated alkanes) is 4. The predicted molar refractivity (Wildman–Crippen MR) is 58.3 cm³/mol. The van der Waals surface area contributed by atoms with Crippen LogP contribution in [-0.2, 0) is 4.79 Å². The van der Waals surface area contributed by atoms with Crippen LogP contribution in [0.15, 0.2) is 0 Å². The molecule has 1 rings (SSSR count). The van der Waals surface area contributed by atoms with Crippen LogP contribution in [0.2, 0.25) is 0 Å². The maximum Gasteiger partial charge on any atom is 0.286 e. The van der Waals surface area contributed by atoms with Gasteiger partial charge in [-0.2, -0.15) is 0 Å². The van der Waals surface area contributed by atoms with Crippen molar-refractivity contribution in [1.29, 1.82) is 0 Å². The van der Waals surface area contributed by atoms with E-state index in [9.17, 15) is 9.59 Å². The highest BCUT2D eigenvalue weighted by atomic mass is 32.2. The summed E-state index contributed by atoms with van der Waals surface area (Å²) in [5, 5.41) is 2.00. The van der Waals surface area contributed by atoms with E-state index in [0.717, 1.165) is 24.6 Å². The minimum Gasteiger partial charge on any atom is -0.286 e. The normalized spacial score (nSPS) is 21.4. The van der Waals surface area contributed by atoms with Crippen molar-refractivity contribution in [3.05, 3.63) is 0 Å². The average molecular weight is 215 g/mol. The molecular formula is C10H17NO2S. The molecule has 0 saturated carbocycles. The Kier molecular flexibility index (Phi) is 5.01. The number of hydrogen-bond acceptors (Lipinski definition) is 3. The van der Waals surface area contributed by atoms with Crippen molar-refractivity contribution in [1.82, 2.24) is 5.32 Å². The summed E-state index contributed by atoms with van der Waals surface area (Å²) >= 11 is 1.14. The third-order valence-electron chi connectivity index (χ3n) is 2.34. The number of imide groups is 1. The van der Waals surface area contributed by atoms with Crippen molar-refractivity contribution in [2.24, 2.45) is 0 Å². The summed E-state index contributed by atoms with van der Waals surface area (Å²) in [7, 11) is 0. The predicted octanol–water partition coefficient (Wildman–Crippen LogP) is 2.70. The van der Waals surface area contributed by atoms with Crippen LogP contribution >= 0.6 is 11.8 Å². The number of carbonyl (C=O) groups is 2. The molecule has 0 bridgehead atoms. The molecule has 0 radical (unpaired) electrons. The highest BCUT2D eigenvalue weighted by Gasteiger charge is 2.30. The summed E-state index contributed by atoms with van der Waals surface area (Å²) in [6, 6.07) is 0. The molecule has 0 aromatic heterocycles. The van der Waals surface area contributed by atoms with Crippen LogP contribution in [0.3, 0.4) is 0 Å². The zero-order valence-corrected chi connectivity index (χ0v) is 9.36. The Morgan fingerprint density at radius 2 is 1.93 bits per heavy atom. The smallest absolute Gasteiger partial charge is 0.286 e. The first-order valence-electron chi connectivity index (χ1n) is 5.25. The summed E-state index contributed by atoms with van der Waals surface area (Å²) in [5.74, 6) is -0.101. The van der Waals surface area contributed by atoms with E-state index in [-0.39, 0.29) is 16.4 Å². The minimum absolute atomic E-state index is 0.101. The minimum atomic E-state index is -0.187. The van der Waals surface area contributed by atoms with Crippen molar-refractivity contribution in [2.45, 2.75) is 50.7 Å². The van der Waals surface area contributed by atoms with Gasteiger partial charge in [0.05, 0.1) is 5.25 Å². The molecule has 1 aliphatic heterocycles. The van der Waals surface area contributed by atoms with Gasteiger partial charge < -0.3 is 0 Å². The fraction of sp³-hybridized carbons (Fsp3) is 0.800. The summed E-state index contributed by atoms with van der Waals surface area (Å²) in [4.78, 5) is 22.0. The van der Waals surface area contributed by atoms with E-state index in [1.807, 2.05) is 0 Å². The first kappa shape index (κ1) is 11.6. The number of carbonyl (C=O) groups excluding carboxylic acids is 2. The maximum absolute atomic E-state index is 11.2. The van der Waals surface area contributed by atoms with Crippen LogP contribution in [0.1, 0.15) is 45.4 Å². The number of rotatable bonds is 6. The third-order valence-corrected chi connectivity index (χ3v) is 3.39. The van der Waals surface area contributed by atoms with Crippen molar-refractivity contribution >= 4 is 22.9 Å². The lowest BCUT2D eigenvalue weighted by Gasteiger charge is -2.03. The number of thioether (sulfide) groups is 1. The van der Waals surface area contributed by atoms with Crippen LogP contribution in [0, 0.1) is 0 Å². The van der Waals surface area contributed by atoms with Gasteiger partial charge in [-0.25, -0.2) is 0 Å². The Morgan fingerprint density at radius 1 is 1.21 bits per heavy atom. The van der Waals surface area contributed by atoms with Gasteiger partial charge in [0, 0.05) is 0 Å². The molecule has 0 aromatic carbocycles. The van der Waals surface area contributed by atoms with Gasteiger partial charge in [0.15, 0.2) is 0 Å². The fourth-order valence-corrected chi connectivity index (χ4v) is 2.38. The highest BCUT2D eigenvalue weighted by Crippen LogP contribution is 2.24. The first-order valence-corrected chi connectivity index (χ1v) is 6.13. The Morgan fingerprint density at radius 3 is 2.50 bits per heavy atom. The van der Waals surface area contributed by atoms with Crippen LogP contribution < -0.4 is 5.32 Å². The standard InChI is InChI=1S/C10H17NO2S/c1-2-3-4-5-6-7-8-9(12)11-10(13)14-8/h8H,2-7H2,1H3,(H,11,12,13). The molecule has 2 amide bonds. The molecule has 3 nitrogen and oxygen atoms in total. The van der Waals surface area contributed by atoms with Crippen molar-refractivity contribution in [3.8, 4) is 0 Å². The maximum atomic E-state index is 11.2. The second kappa shape index (κ2) is 6.06. The molecule has 4 heteroatoms. The summed E-state index contributed by atoms with van der Waals surface area (Å²) < 4.78 is 0. The summed E-state index contributed by atoms with van der Waals surface area (Å²) in [5.41, 5.74) is 0. The number of nitrogens with one attached hydrogen (secondary N) is 1. The van der Waals surface area contributed by atoms with Crippen LogP contribution in [0.5, 0.6) is 0 Å². The zero-order valence-electron chi connectivity index (χ0n) is 8.54. The Bertz CT molecular complexity index is 218. The molecule has 0 aliphatic carbocycles.